The van der Waals surface area contributed by atoms with E-state index < -0.39 is 22.9 Å². The lowest BCUT2D eigenvalue weighted by Crippen LogP contribution is -2.47. The summed E-state index contributed by atoms with van der Waals surface area (Å²) in [7, 11) is 0. The van der Waals surface area contributed by atoms with Gasteiger partial charge in [-0.3, -0.25) is 8.93 Å². The second-order valence-electron chi connectivity index (χ2n) is 11.8. The Morgan fingerprint density at radius 2 is 1.74 bits per heavy atom. The first-order valence-corrected chi connectivity index (χ1v) is 16.6. The molecule has 1 aromatic heterocycles. The van der Waals surface area contributed by atoms with E-state index in [1.54, 1.807) is 24.3 Å². The Bertz CT molecular complexity index is 1510. The zero-order chi connectivity index (χ0) is 30.3. The number of carbonyl (C=O) groups is 1. The molecule has 6 rings (SSSR count). The van der Waals surface area contributed by atoms with Crippen LogP contribution in [0.15, 0.2) is 40.9 Å². The number of nitrogens with zero attached hydrogens (tertiary/aromatic N) is 1. The van der Waals surface area contributed by atoms with E-state index in [2.05, 4.69) is 10.5 Å². The SMILES string of the molecule is O=C(NC1CCC(C2CC(O)(c3ccc(OCc4c(-c5c(Cl)cccc5Cl)noc4C4CC4)cc3Cl)C2)CC1)NS(=O)[O-]. The normalized spacial score (nSPS) is 25.9. The van der Waals surface area contributed by atoms with E-state index in [1.807, 2.05) is 16.9 Å². The van der Waals surface area contributed by atoms with E-state index in [4.69, 9.17) is 44.1 Å². The van der Waals surface area contributed by atoms with Gasteiger partial charge in [0.15, 0.2) is 0 Å². The lowest BCUT2D eigenvalue weighted by molar-refractivity contribution is -0.102. The van der Waals surface area contributed by atoms with Crippen LogP contribution in [0.4, 0.5) is 4.79 Å². The van der Waals surface area contributed by atoms with E-state index in [0.717, 1.165) is 49.8 Å². The lowest BCUT2D eigenvalue weighted by Gasteiger charge is -2.49. The fraction of sp³-hybridized carbons (Fsp3) is 0.467. The molecule has 230 valence electrons. The zero-order valence-electron chi connectivity index (χ0n) is 23.1. The number of rotatable bonds is 9. The summed E-state index contributed by atoms with van der Waals surface area (Å²) in [6, 6.07) is 9.92. The van der Waals surface area contributed by atoms with Gasteiger partial charge in [-0.25, -0.2) is 4.79 Å². The molecular formula is C30H31Cl3N3O6S-. The molecule has 3 aliphatic carbocycles. The van der Waals surface area contributed by atoms with Gasteiger partial charge in [0.2, 0.25) is 0 Å². The molecule has 3 N–H and O–H groups in total. The molecule has 3 aliphatic rings. The van der Waals surface area contributed by atoms with Gasteiger partial charge in [-0.15, -0.1) is 0 Å². The molecule has 1 atom stereocenters. The van der Waals surface area contributed by atoms with Crippen LogP contribution in [0, 0.1) is 11.8 Å². The second-order valence-corrected chi connectivity index (χ2v) is 13.7. The van der Waals surface area contributed by atoms with Gasteiger partial charge in [0.25, 0.3) is 0 Å². The molecular weight excluding hydrogens is 637 g/mol. The van der Waals surface area contributed by atoms with Crippen molar-refractivity contribution in [2.24, 2.45) is 11.8 Å². The third-order valence-electron chi connectivity index (χ3n) is 8.94. The fourth-order valence-electron chi connectivity index (χ4n) is 6.55. The molecule has 9 nitrogen and oxygen atoms in total. The molecule has 2 amide bonds. The summed E-state index contributed by atoms with van der Waals surface area (Å²) in [5.74, 6) is 2.43. The predicted molar refractivity (Wildman–Crippen MR) is 163 cm³/mol. The summed E-state index contributed by atoms with van der Waals surface area (Å²) in [6.45, 7) is 0.197. The van der Waals surface area contributed by atoms with Crippen LogP contribution < -0.4 is 14.8 Å². The van der Waals surface area contributed by atoms with Crippen molar-refractivity contribution in [3.63, 3.8) is 0 Å². The smallest absolute Gasteiger partial charge is 0.325 e. The summed E-state index contributed by atoms with van der Waals surface area (Å²) in [4.78, 5) is 11.7. The van der Waals surface area contributed by atoms with Crippen LogP contribution in [-0.4, -0.2) is 31.1 Å². The minimum Gasteiger partial charge on any atom is -0.755 e. The molecule has 13 heteroatoms. The molecule has 1 unspecified atom stereocenters. The Morgan fingerprint density at radius 3 is 2.37 bits per heavy atom. The molecule has 0 radical (unpaired) electrons. The van der Waals surface area contributed by atoms with Crippen LogP contribution in [0.2, 0.25) is 15.1 Å². The minimum atomic E-state index is -2.63. The number of benzene rings is 2. The number of ether oxygens (including phenoxy) is 1. The number of hydrogen-bond acceptors (Lipinski definition) is 7. The first kappa shape index (κ1) is 30.7. The molecule has 43 heavy (non-hydrogen) atoms. The van der Waals surface area contributed by atoms with Gasteiger partial charge in [0.1, 0.15) is 23.8 Å². The average Bonchev–Trinajstić information content (AvgIpc) is 3.70. The fourth-order valence-corrected chi connectivity index (χ4v) is 7.69. The number of nitrogens with one attached hydrogen (secondary N) is 2. The maximum Gasteiger partial charge on any atom is 0.325 e. The lowest BCUT2D eigenvalue weighted by atomic mass is 9.60. The van der Waals surface area contributed by atoms with Crippen molar-refractivity contribution in [2.75, 3.05) is 0 Å². The molecule has 3 aromatic rings. The average molecular weight is 668 g/mol. The molecule has 0 spiro atoms. The Labute approximate surface area is 267 Å². The van der Waals surface area contributed by atoms with Crippen LogP contribution in [-0.2, 0) is 23.5 Å². The van der Waals surface area contributed by atoms with Gasteiger partial charge in [-0.2, -0.15) is 0 Å². The van der Waals surface area contributed by atoms with Gasteiger partial charge < -0.3 is 24.2 Å². The first-order valence-electron chi connectivity index (χ1n) is 14.4. The Balaban J connectivity index is 1.07. The highest BCUT2D eigenvalue weighted by Gasteiger charge is 2.48. The Morgan fingerprint density at radius 1 is 1.05 bits per heavy atom. The van der Waals surface area contributed by atoms with Crippen molar-refractivity contribution >= 4 is 52.1 Å². The highest BCUT2D eigenvalue weighted by atomic mass is 35.5. The summed E-state index contributed by atoms with van der Waals surface area (Å²) in [5, 5.41) is 19.8. The summed E-state index contributed by atoms with van der Waals surface area (Å²) in [6.07, 6.45) is 6.62. The summed E-state index contributed by atoms with van der Waals surface area (Å²) >= 11 is 17.0. The second kappa shape index (κ2) is 12.6. The molecule has 0 bridgehead atoms. The number of halogens is 3. The van der Waals surface area contributed by atoms with E-state index >= 15 is 0 Å². The number of hydrogen-bond donors (Lipinski definition) is 3. The van der Waals surface area contributed by atoms with Crippen molar-refractivity contribution in [2.45, 2.75) is 75.5 Å². The van der Waals surface area contributed by atoms with Crippen LogP contribution in [0.25, 0.3) is 11.3 Å². The number of aromatic nitrogens is 1. The van der Waals surface area contributed by atoms with Gasteiger partial charge >= 0.3 is 6.03 Å². The third kappa shape index (κ3) is 6.70. The molecule has 0 saturated heterocycles. The van der Waals surface area contributed by atoms with Crippen molar-refractivity contribution in [3.05, 3.63) is 68.4 Å². The van der Waals surface area contributed by atoms with Gasteiger partial charge in [-0.1, -0.05) is 52.1 Å². The summed E-state index contributed by atoms with van der Waals surface area (Å²) < 4.78 is 35.0. The Kier molecular flexibility index (Phi) is 8.97. The van der Waals surface area contributed by atoms with Crippen LogP contribution in [0.3, 0.4) is 0 Å². The summed E-state index contributed by atoms with van der Waals surface area (Å²) in [5.41, 5.74) is 1.67. The Hall–Kier alpha value is -2.34. The number of amides is 2. The van der Waals surface area contributed by atoms with Crippen molar-refractivity contribution in [1.82, 2.24) is 15.2 Å². The molecule has 3 saturated carbocycles. The highest BCUT2D eigenvalue weighted by Crippen LogP contribution is 2.53. The zero-order valence-corrected chi connectivity index (χ0v) is 26.2. The van der Waals surface area contributed by atoms with Crippen molar-refractivity contribution < 1.29 is 27.9 Å². The van der Waals surface area contributed by atoms with E-state index in [1.165, 1.54) is 0 Å². The van der Waals surface area contributed by atoms with Crippen molar-refractivity contribution in [3.8, 4) is 17.0 Å². The highest BCUT2D eigenvalue weighted by molar-refractivity contribution is 7.77. The largest absolute Gasteiger partial charge is 0.755 e. The molecule has 2 aromatic carbocycles. The van der Waals surface area contributed by atoms with E-state index in [0.29, 0.717) is 68.2 Å². The number of urea groups is 1. The van der Waals surface area contributed by atoms with Crippen LogP contribution in [0.5, 0.6) is 5.75 Å². The van der Waals surface area contributed by atoms with Crippen LogP contribution in [0.1, 0.15) is 74.2 Å². The van der Waals surface area contributed by atoms with E-state index in [-0.39, 0.29) is 12.6 Å². The van der Waals surface area contributed by atoms with Crippen LogP contribution >= 0.6 is 34.8 Å². The molecule has 1 heterocycles. The maximum atomic E-state index is 11.7. The molecule has 3 fully saturated rings. The van der Waals surface area contributed by atoms with Gasteiger partial charge in [0, 0.05) is 34.4 Å². The minimum absolute atomic E-state index is 0.0586. The standard InChI is InChI=1S/C30H32Cl3N3O6S/c31-23-2-1-3-24(32)26(23)27-21(28(42-35-27)17-4-5-17)15-41-20-10-11-22(25(33)12-20)30(38)13-18(14-30)16-6-8-19(9-7-16)34-29(37)36-43(39)40/h1-3,10-12,16-19,38H,4-9,13-15H2,(H,39,40)(H2,34,36,37)/p-1. The topological polar surface area (TPSA) is 137 Å². The number of aliphatic hydroxyl groups is 1. The van der Waals surface area contributed by atoms with Crippen molar-refractivity contribution in [1.29, 1.82) is 0 Å². The maximum absolute atomic E-state index is 11.7. The third-order valence-corrected chi connectivity index (χ3v) is 10.2. The quantitative estimate of drug-likeness (QED) is 0.209. The van der Waals surface area contributed by atoms with Gasteiger partial charge in [0.05, 0.1) is 26.2 Å². The molecule has 0 aliphatic heterocycles. The predicted octanol–water partition coefficient (Wildman–Crippen LogP) is 7.01. The first-order chi connectivity index (χ1) is 20.6. The van der Waals surface area contributed by atoms with E-state index in [9.17, 15) is 18.7 Å². The number of carbonyl (C=O) groups excluding carboxylic acids is 1. The monoisotopic (exact) mass is 666 g/mol. The van der Waals surface area contributed by atoms with Gasteiger partial charge in [-0.05, 0) is 87.5 Å².